The molecule has 0 saturated heterocycles. The van der Waals surface area contributed by atoms with E-state index in [0.29, 0.717) is 0 Å². The van der Waals surface area contributed by atoms with Crippen LogP contribution in [-0.2, 0) is 14.9 Å². The summed E-state index contributed by atoms with van der Waals surface area (Å²) in [7, 11) is -2.55. The van der Waals surface area contributed by atoms with E-state index < -0.39 is 21.5 Å². The Hall–Kier alpha value is -1.64. The van der Waals surface area contributed by atoms with Crippen molar-refractivity contribution in [1.82, 2.24) is 4.89 Å². The fourth-order valence-corrected chi connectivity index (χ4v) is 2.25. The molecule has 1 rings (SSSR count). The number of hydrogen-bond donors (Lipinski definition) is 2. The van der Waals surface area contributed by atoms with Crippen molar-refractivity contribution in [3.8, 4) is 5.75 Å². The van der Waals surface area contributed by atoms with Gasteiger partial charge in [-0.25, -0.2) is 8.42 Å². The molecule has 0 bridgehead atoms. The Morgan fingerprint density at radius 2 is 1.90 bits per heavy atom. The predicted molar refractivity (Wildman–Crippen MR) is 72.7 cm³/mol. The van der Waals surface area contributed by atoms with Gasteiger partial charge in [0.25, 0.3) is 15.9 Å². The van der Waals surface area contributed by atoms with E-state index in [4.69, 9.17) is 15.3 Å². The van der Waals surface area contributed by atoms with Crippen molar-refractivity contribution in [2.24, 2.45) is 5.73 Å². The second-order valence-corrected chi connectivity index (χ2v) is 6.67. The quantitative estimate of drug-likeness (QED) is 0.782. The van der Waals surface area contributed by atoms with Gasteiger partial charge >= 0.3 is 0 Å². The highest BCUT2D eigenvalue weighted by Gasteiger charge is 2.21. The molecule has 0 atom stereocenters. The van der Waals surface area contributed by atoms with Crippen LogP contribution in [0.1, 0.15) is 31.1 Å². The molecular weight excluding hydrogens is 284 g/mol. The third-order valence-corrected chi connectivity index (χ3v) is 3.38. The monoisotopic (exact) mass is 302 g/mol. The van der Waals surface area contributed by atoms with Crippen LogP contribution in [0.2, 0.25) is 0 Å². The molecular formula is C12H18N2O5S. The summed E-state index contributed by atoms with van der Waals surface area (Å²) < 4.78 is 29.0. The number of amides is 1. The lowest BCUT2D eigenvalue weighted by molar-refractivity contribution is -0.0357. The van der Waals surface area contributed by atoms with Gasteiger partial charge in [0.1, 0.15) is 5.75 Å². The molecule has 0 saturated carbocycles. The van der Waals surface area contributed by atoms with Gasteiger partial charge in [-0.15, -0.1) is 0 Å². The Morgan fingerprint density at radius 3 is 2.35 bits per heavy atom. The number of carbonyl (C=O) groups is 1. The van der Waals surface area contributed by atoms with Crippen molar-refractivity contribution in [1.29, 1.82) is 0 Å². The number of nitrogens with one attached hydrogen (secondary N) is 1. The van der Waals surface area contributed by atoms with Crippen molar-refractivity contribution < 1.29 is 22.8 Å². The molecule has 0 aliphatic heterocycles. The third-order valence-electron chi connectivity index (χ3n) is 2.20. The number of rotatable bonds is 5. The number of primary amides is 1. The summed E-state index contributed by atoms with van der Waals surface area (Å²) in [6.45, 7) is 5.08. The van der Waals surface area contributed by atoms with E-state index in [2.05, 4.69) is 0 Å². The standard InChI is InChI=1S/C12H18N2O5S/c1-12(2,3)19-14-20(16,17)8-5-6-10(18-4)9(7-8)11(13)15/h5-7,14H,1-4H3,(H2,13,15). The van der Waals surface area contributed by atoms with E-state index >= 15 is 0 Å². The van der Waals surface area contributed by atoms with Crippen molar-refractivity contribution in [2.75, 3.05) is 7.11 Å². The van der Waals surface area contributed by atoms with Crippen LogP contribution in [0.4, 0.5) is 0 Å². The van der Waals surface area contributed by atoms with Gasteiger partial charge in [-0.05, 0) is 39.0 Å². The molecule has 0 fully saturated rings. The smallest absolute Gasteiger partial charge is 0.262 e. The van der Waals surface area contributed by atoms with Crippen LogP contribution < -0.4 is 15.4 Å². The average Bonchev–Trinajstić information content (AvgIpc) is 2.35. The molecule has 7 nitrogen and oxygen atoms in total. The summed E-state index contributed by atoms with van der Waals surface area (Å²) in [5.41, 5.74) is 4.47. The summed E-state index contributed by atoms with van der Waals surface area (Å²) in [5, 5.41) is 0. The van der Waals surface area contributed by atoms with Gasteiger partial charge in [0.15, 0.2) is 0 Å². The van der Waals surface area contributed by atoms with Gasteiger partial charge < -0.3 is 10.5 Å². The van der Waals surface area contributed by atoms with Crippen molar-refractivity contribution in [3.05, 3.63) is 23.8 Å². The largest absolute Gasteiger partial charge is 0.496 e. The first-order valence-electron chi connectivity index (χ1n) is 5.74. The normalized spacial score (nSPS) is 12.2. The molecule has 1 aromatic rings. The molecule has 0 aliphatic rings. The van der Waals surface area contributed by atoms with Gasteiger partial charge in [0, 0.05) is 0 Å². The van der Waals surface area contributed by atoms with Crippen LogP contribution in [0.5, 0.6) is 5.75 Å². The molecule has 8 heteroatoms. The minimum absolute atomic E-state index is 0.0221. The predicted octanol–water partition coefficient (Wildman–Crippen LogP) is 0.802. The molecule has 0 aromatic heterocycles. The van der Waals surface area contributed by atoms with Gasteiger partial charge in [-0.1, -0.05) is 4.89 Å². The summed E-state index contributed by atoms with van der Waals surface area (Å²) in [6, 6.07) is 3.78. The highest BCUT2D eigenvalue weighted by molar-refractivity contribution is 7.89. The minimum atomic E-state index is -3.91. The first-order valence-corrected chi connectivity index (χ1v) is 7.23. The maximum absolute atomic E-state index is 12.0. The highest BCUT2D eigenvalue weighted by atomic mass is 32.2. The Kier molecular flexibility index (Phi) is 4.74. The Labute approximate surface area is 118 Å². The molecule has 0 heterocycles. The molecule has 112 valence electrons. The average molecular weight is 302 g/mol. The zero-order valence-corrected chi connectivity index (χ0v) is 12.6. The number of carbonyl (C=O) groups excluding carboxylic acids is 1. The summed E-state index contributed by atoms with van der Waals surface area (Å²) in [4.78, 5) is 18.1. The van der Waals surface area contributed by atoms with Crippen LogP contribution >= 0.6 is 0 Å². The van der Waals surface area contributed by atoms with Crippen molar-refractivity contribution in [3.63, 3.8) is 0 Å². The third kappa shape index (κ3) is 4.19. The fraction of sp³-hybridized carbons (Fsp3) is 0.417. The van der Waals surface area contributed by atoms with Crippen LogP contribution in [0, 0.1) is 0 Å². The summed E-state index contributed by atoms with van der Waals surface area (Å²) >= 11 is 0. The van der Waals surface area contributed by atoms with E-state index in [0.717, 1.165) is 6.07 Å². The Morgan fingerprint density at radius 1 is 1.30 bits per heavy atom. The molecule has 0 spiro atoms. The molecule has 3 N–H and O–H groups in total. The lowest BCUT2D eigenvalue weighted by Gasteiger charge is -2.19. The van der Waals surface area contributed by atoms with Gasteiger partial charge in [0.05, 0.1) is 23.2 Å². The molecule has 1 amide bonds. The zero-order valence-electron chi connectivity index (χ0n) is 11.8. The van der Waals surface area contributed by atoms with Gasteiger partial charge in [-0.2, -0.15) is 0 Å². The van der Waals surface area contributed by atoms with E-state index in [1.54, 1.807) is 20.8 Å². The van der Waals surface area contributed by atoms with E-state index in [-0.39, 0.29) is 16.2 Å². The van der Waals surface area contributed by atoms with Crippen molar-refractivity contribution in [2.45, 2.75) is 31.3 Å². The number of methoxy groups -OCH3 is 1. The highest BCUT2D eigenvalue weighted by Crippen LogP contribution is 2.22. The van der Waals surface area contributed by atoms with Crippen LogP contribution in [0.15, 0.2) is 23.1 Å². The first-order chi connectivity index (χ1) is 9.07. The van der Waals surface area contributed by atoms with Gasteiger partial charge in [0.2, 0.25) is 0 Å². The number of nitrogens with two attached hydrogens (primary N) is 1. The van der Waals surface area contributed by atoms with Crippen molar-refractivity contribution >= 4 is 15.9 Å². The summed E-state index contributed by atoms with van der Waals surface area (Å²) in [6.07, 6.45) is 0. The minimum Gasteiger partial charge on any atom is -0.496 e. The van der Waals surface area contributed by atoms with Crippen LogP contribution in [0.3, 0.4) is 0 Å². The maximum atomic E-state index is 12.0. The second-order valence-electron chi connectivity index (χ2n) is 5.03. The molecule has 1 aromatic carbocycles. The fourth-order valence-electron chi connectivity index (χ4n) is 1.27. The van der Waals surface area contributed by atoms with Gasteiger partial charge in [-0.3, -0.25) is 9.63 Å². The Bertz CT molecular complexity index is 605. The molecule has 0 aliphatic carbocycles. The SMILES string of the molecule is COc1ccc(S(=O)(=O)NOC(C)(C)C)cc1C(N)=O. The number of benzene rings is 1. The zero-order chi connectivity index (χ0) is 15.6. The molecule has 20 heavy (non-hydrogen) atoms. The van der Waals surface area contributed by atoms with E-state index in [9.17, 15) is 13.2 Å². The maximum Gasteiger partial charge on any atom is 0.262 e. The number of hydrogen-bond acceptors (Lipinski definition) is 5. The topological polar surface area (TPSA) is 108 Å². The van der Waals surface area contributed by atoms with E-state index in [1.807, 2.05) is 4.89 Å². The molecule has 0 unspecified atom stereocenters. The van der Waals surface area contributed by atoms with Crippen LogP contribution in [0.25, 0.3) is 0 Å². The lowest BCUT2D eigenvalue weighted by atomic mass is 10.2. The van der Waals surface area contributed by atoms with Crippen LogP contribution in [-0.4, -0.2) is 27.0 Å². The lowest BCUT2D eigenvalue weighted by Crippen LogP contribution is -2.33. The first kappa shape index (κ1) is 16.4. The second kappa shape index (κ2) is 5.78. The number of sulfonamides is 1. The Balaban J connectivity index is 3.13. The van der Waals surface area contributed by atoms with E-state index in [1.165, 1.54) is 19.2 Å². The number of ether oxygens (including phenoxy) is 1. The summed E-state index contributed by atoms with van der Waals surface area (Å²) in [5.74, 6) is -0.580. The molecule has 0 radical (unpaired) electrons.